The number of carbonyl (C=O) groups is 2. The highest BCUT2D eigenvalue weighted by molar-refractivity contribution is 6.20. The minimum Gasteiger partial charge on any atom is -0.361 e. The predicted molar refractivity (Wildman–Crippen MR) is 120 cm³/mol. The number of halogens is 3. The van der Waals surface area contributed by atoms with Crippen LogP contribution in [0, 0.1) is 11.8 Å². The third-order valence-electron chi connectivity index (χ3n) is 4.91. The summed E-state index contributed by atoms with van der Waals surface area (Å²) in [6, 6.07) is 11.9. The van der Waals surface area contributed by atoms with Crippen molar-refractivity contribution in [2.45, 2.75) is 64.7 Å². The minimum absolute atomic E-state index is 0.0251. The van der Waals surface area contributed by atoms with E-state index in [1.807, 2.05) is 24.3 Å². The molecule has 2 rings (SSSR count). The van der Waals surface area contributed by atoms with Crippen molar-refractivity contribution in [2.24, 2.45) is 0 Å². The van der Waals surface area contributed by atoms with E-state index in [0.29, 0.717) is 5.56 Å². The van der Waals surface area contributed by atoms with Gasteiger partial charge in [0.1, 0.15) is 0 Å². The van der Waals surface area contributed by atoms with Gasteiger partial charge in [0.05, 0.1) is 18.7 Å². The van der Waals surface area contributed by atoms with Crippen molar-refractivity contribution >= 4 is 12.3 Å². The summed E-state index contributed by atoms with van der Waals surface area (Å²) in [4.78, 5) is 27.2. The van der Waals surface area contributed by atoms with Gasteiger partial charge in [-0.3, -0.25) is 4.79 Å². The topological polar surface area (TPSA) is 46.6 Å². The van der Waals surface area contributed by atoms with Crippen LogP contribution in [0.1, 0.15) is 67.7 Å². The van der Waals surface area contributed by atoms with Crippen LogP contribution in [-0.2, 0) is 33.7 Å². The van der Waals surface area contributed by atoms with Crippen molar-refractivity contribution in [3.05, 3.63) is 70.8 Å². The number of rotatable bonds is 11. The van der Waals surface area contributed by atoms with Crippen molar-refractivity contribution in [2.75, 3.05) is 0 Å². The van der Waals surface area contributed by atoms with Gasteiger partial charge in [-0.25, -0.2) is 4.79 Å². The molecule has 33 heavy (non-hydrogen) atoms. The number of nitrogens with zero attached hydrogens (tertiary/aromatic N) is 1. The SMILES string of the molecule is CCCCCCCC#Cc1ccc(CN(Cc2ccc(C(F)(F)F)cc2)OC(=O)C=O)cc1. The maximum absolute atomic E-state index is 12.8. The molecule has 4 nitrogen and oxygen atoms in total. The van der Waals surface area contributed by atoms with Crippen molar-refractivity contribution < 1.29 is 27.6 Å². The third kappa shape index (κ3) is 9.92. The van der Waals surface area contributed by atoms with Crippen LogP contribution in [0.2, 0.25) is 0 Å². The average Bonchev–Trinajstić information content (AvgIpc) is 2.79. The Hall–Kier alpha value is -3.11. The first-order valence-corrected chi connectivity index (χ1v) is 11.0. The van der Waals surface area contributed by atoms with Crippen LogP contribution in [0.15, 0.2) is 48.5 Å². The molecule has 0 aliphatic carbocycles. The molecule has 7 heteroatoms. The van der Waals surface area contributed by atoms with Gasteiger partial charge < -0.3 is 4.84 Å². The zero-order valence-electron chi connectivity index (χ0n) is 18.7. The summed E-state index contributed by atoms with van der Waals surface area (Å²) >= 11 is 0. The van der Waals surface area contributed by atoms with Crippen LogP contribution in [-0.4, -0.2) is 17.3 Å². The number of benzene rings is 2. The normalized spacial score (nSPS) is 11.1. The lowest BCUT2D eigenvalue weighted by Crippen LogP contribution is -2.27. The molecule has 2 aromatic carbocycles. The summed E-state index contributed by atoms with van der Waals surface area (Å²) in [7, 11) is 0. The molecule has 0 N–H and O–H groups in total. The lowest BCUT2D eigenvalue weighted by atomic mass is 10.1. The third-order valence-corrected chi connectivity index (χ3v) is 4.91. The van der Waals surface area contributed by atoms with Crippen LogP contribution in [0.3, 0.4) is 0 Å². The van der Waals surface area contributed by atoms with Gasteiger partial charge >= 0.3 is 12.1 Å². The van der Waals surface area contributed by atoms with Gasteiger partial charge in [0.2, 0.25) is 6.29 Å². The Morgan fingerprint density at radius 2 is 1.52 bits per heavy atom. The molecule has 0 atom stereocenters. The van der Waals surface area contributed by atoms with E-state index < -0.39 is 17.7 Å². The van der Waals surface area contributed by atoms with Crippen molar-refractivity contribution in [3.8, 4) is 11.8 Å². The van der Waals surface area contributed by atoms with Gasteiger partial charge in [0.15, 0.2) is 0 Å². The number of alkyl halides is 3. The van der Waals surface area contributed by atoms with Crippen LogP contribution in [0.25, 0.3) is 0 Å². The molecule has 0 bridgehead atoms. The Kier molecular flexibility index (Phi) is 10.6. The molecule has 0 saturated heterocycles. The van der Waals surface area contributed by atoms with E-state index in [1.54, 1.807) is 0 Å². The summed E-state index contributed by atoms with van der Waals surface area (Å²) in [6.07, 6.45) is 2.46. The van der Waals surface area contributed by atoms with Gasteiger partial charge in [0.25, 0.3) is 0 Å². The fraction of sp³-hybridized carbons (Fsp3) is 0.385. The van der Waals surface area contributed by atoms with Gasteiger partial charge in [0, 0.05) is 12.0 Å². The van der Waals surface area contributed by atoms with Crippen LogP contribution < -0.4 is 0 Å². The molecule has 0 saturated carbocycles. The number of carbonyl (C=O) groups excluding carboxylic acids is 2. The van der Waals surface area contributed by atoms with E-state index in [9.17, 15) is 22.8 Å². The fourth-order valence-electron chi connectivity index (χ4n) is 3.15. The zero-order valence-corrected chi connectivity index (χ0v) is 18.7. The molecular weight excluding hydrogens is 431 g/mol. The van der Waals surface area contributed by atoms with Crippen LogP contribution >= 0.6 is 0 Å². The first-order valence-electron chi connectivity index (χ1n) is 11.0. The van der Waals surface area contributed by atoms with E-state index in [1.165, 1.54) is 42.9 Å². The lowest BCUT2D eigenvalue weighted by Gasteiger charge is -2.20. The van der Waals surface area contributed by atoms with Crippen LogP contribution in [0.5, 0.6) is 0 Å². The van der Waals surface area contributed by atoms with E-state index in [0.717, 1.165) is 36.1 Å². The molecule has 0 radical (unpaired) electrons. The number of hydroxylamine groups is 2. The second kappa shape index (κ2) is 13.4. The highest BCUT2D eigenvalue weighted by Gasteiger charge is 2.30. The second-order valence-corrected chi connectivity index (χ2v) is 7.68. The molecule has 0 amide bonds. The molecule has 2 aromatic rings. The van der Waals surface area contributed by atoms with Crippen LogP contribution in [0.4, 0.5) is 13.2 Å². The molecular formula is C26H28F3NO3. The molecule has 0 unspecified atom stereocenters. The van der Waals surface area contributed by atoms with E-state index in [4.69, 9.17) is 4.84 Å². The average molecular weight is 460 g/mol. The molecule has 0 aliphatic heterocycles. The number of unbranched alkanes of at least 4 members (excludes halogenated alkanes) is 5. The van der Waals surface area contributed by atoms with Crippen molar-refractivity contribution in [1.29, 1.82) is 0 Å². The van der Waals surface area contributed by atoms with E-state index >= 15 is 0 Å². The summed E-state index contributed by atoms with van der Waals surface area (Å²) in [5.41, 5.74) is 1.40. The molecule has 0 aromatic heterocycles. The largest absolute Gasteiger partial charge is 0.416 e. The Balaban J connectivity index is 1.97. The Morgan fingerprint density at radius 3 is 2.06 bits per heavy atom. The Labute approximate surface area is 192 Å². The Bertz CT molecular complexity index is 942. The fourth-order valence-corrected chi connectivity index (χ4v) is 3.15. The van der Waals surface area contributed by atoms with Gasteiger partial charge in [-0.05, 0) is 41.8 Å². The first kappa shape index (κ1) is 26.1. The van der Waals surface area contributed by atoms with E-state index in [2.05, 4.69) is 18.8 Å². The van der Waals surface area contributed by atoms with Gasteiger partial charge in [-0.1, -0.05) is 68.7 Å². The maximum atomic E-state index is 12.8. The monoisotopic (exact) mass is 459 g/mol. The summed E-state index contributed by atoms with van der Waals surface area (Å²) in [5.74, 6) is 5.22. The van der Waals surface area contributed by atoms with Crippen molar-refractivity contribution in [1.82, 2.24) is 5.06 Å². The molecule has 0 heterocycles. The van der Waals surface area contributed by atoms with Crippen molar-refractivity contribution in [3.63, 3.8) is 0 Å². The molecule has 0 fully saturated rings. The van der Waals surface area contributed by atoms with E-state index in [-0.39, 0.29) is 19.4 Å². The first-order chi connectivity index (χ1) is 15.8. The number of hydrogen-bond donors (Lipinski definition) is 0. The van der Waals surface area contributed by atoms with Gasteiger partial charge in [-0.15, -0.1) is 5.06 Å². The molecule has 0 aliphatic rings. The quantitative estimate of drug-likeness (QED) is 0.134. The zero-order chi connectivity index (χ0) is 24.1. The summed E-state index contributed by atoms with van der Waals surface area (Å²) in [5, 5.41) is 1.23. The number of hydrogen-bond acceptors (Lipinski definition) is 4. The lowest BCUT2D eigenvalue weighted by molar-refractivity contribution is -0.195. The minimum atomic E-state index is -4.43. The molecule has 176 valence electrons. The molecule has 0 spiro atoms. The summed E-state index contributed by atoms with van der Waals surface area (Å²) < 4.78 is 38.3. The summed E-state index contributed by atoms with van der Waals surface area (Å²) in [6.45, 7) is 2.37. The highest BCUT2D eigenvalue weighted by atomic mass is 19.4. The van der Waals surface area contributed by atoms with Gasteiger partial charge in [-0.2, -0.15) is 13.2 Å². The second-order valence-electron chi connectivity index (χ2n) is 7.68. The number of aldehydes is 1. The Morgan fingerprint density at radius 1 is 0.939 bits per heavy atom. The smallest absolute Gasteiger partial charge is 0.361 e. The maximum Gasteiger partial charge on any atom is 0.416 e. The standard InChI is InChI=1S/C26H28F3NO3/c1-2-3-4-5-6-7-8-9-21-10-12-22(13-11-21)18-30(33-25(32)20-31)19-23-14-16-24(17-15-23)26(27,28)29/h10-17,20H,2-7,18-19H2,1H3. The highest BCUT2D eigenvalue weighted by Crippen LogP contribution is 2.29. The predicted octanol–water partition coefficient (Wildman–Crippen LogP) is 6.08.